The molecular weight excluding hydrogens is 430 g/mol. The summed E-state index contributed by atoms with van der Waals surface area (Å²) in [5, 5.41) is 32.5. The van der Waals surface area contributed by atoms with Crippen LogP contribution in [0.1, 0.15) is 39.3 Å². The summed E-state index contributed by atoms with van der Waals surface area (Å²) in [4.78, 5) is 24.5. The zero-order valence-electron chi connectivity index (χ0n) is 15.6. The van der Waals surface area contributed by atoms with Gasteiger partial charge in [0.15, 0.2) is 17.0 Å². The Bertz CT molecular complexity index is 1160. The highest BCUT2D eigenvalue weighted by atomic mass is 35.5. The number of fused-ring (bicyclic) bond motifs is 2. The number of aliphatic hydroxyl groups is 2. The summed E-state index contributed by atoms with van der Waals surface area (Å²) in [7, 11) is 0. The van der Waals surface area contributed by atoms with Gasteiger partial charge in [-0.3, -0.25) is 4.57 Å². The Morgan fingerprint density at radius 1 is 1.30 bits per heavy atom. The second kappa shape index (κ2) is 7.38. The van der Waals surface area contributed by atoms with E-state index in [0.717, 1.165) is 11.1 Å². The molecule has 9 nitrogen and oxygen atoms in total. The first-order valence-electron chi connectivity index (χ1n) is 9.43. The molecule has 11 heteroatoms. The highest BCUT2D eigenvalue weighted by molar-refractivity contribution is 7.99. The molecule has 0 saturated carbocycles. The van der Waals surface area contributed by atoms with Crippen molar-refractivity contribution in [3.05, 3.63) is 46.5 Å². The first-order valence-corrected chi connectivity index (χ1v) is 10.9. The SMILES string of the molecule is O=C(O)c1cccc2c1CC[C@H]2Nc1nc(Cl)nc2c1ncn2[C@@H]1SC[C@@H](O)[C@H]1O. The summed E-state index contributed by atoms with van der Waals surface area (Å²) in [5.41, 5.74) is 3.01. The van der Waals surface area contributed by atoms with E-state index in [0.29, 0.717) is 41.1 Å². The van der Waals surface area contributed by atoms with E-state index >= 15 is 0 Å². The van der Waals surface area contributed by atoms with Crippen molar-refractivity contribution in [2.24, 2.45) is 0 Å². The summed E-state index contributed by atoms with van der Waals surface area (Å²) in [5.74, 6) is -0.0749. The molecule has 4 N–H and O–H groups in total. The van der Waals surface area contributed by atoms with E-state index in [1.807, 2.05) is 6.07 Å². The number of rotatable bonds is 4. The van der Waals surface area contributed by atoms with Gasteiger partial charge in [-0.15, -0.1) is 11.8 Å². The molecule has 2 aromatic heterocycles. The Balaban J connectivity index is 1.52. The average molecular weight is 448 g/mol. The van der Waals surface area contributed by atoms with Gasteiger partial charge in [0.2, 0.25) is 5.28 Å². The summed E-state index contributed by atoms with van der Waals surface area (Å²) in [6, 6.07) is 5.14. The molecule has 0 bridgehead atoms. The minimum absolute atomic E-state index is 0.0299. The molecule has 0 unspecified atom stereocenters. The minimum Gasteiger partial charge on any atom is -0.478 e. The first-order chi connectivity index (χ1) is 14.4. The number of halogens is 1. The largest absolute Gasteiger partial charge is 0.478 e. The van der Waals surface area contributed by atoms with Gasteiger partial charge in [0.25, 0.3) is 0 Å². The summed E-state index contributed by atoms with van der Waals surface area (Å²) < 4.78 is 1.70. The van der Waals surface area contributed by atoms with Gasteiger partial charge < -0.3 is 20.6 Å². The van der Waals surface area contributed by atoms with Crippen LogP contribution in [0, 0.1) is 0 Å². The van der Waals surface area contributed by atoms with Crippen LogP contribution in [0.5, 0.6) is 0 Å². The smallest absolute Gasteiger partial charge is 0.335 e. The second-order valence-electron chi connectivity index (χ2n) is 7.36. The molecule has 0 spiro atoms. The lowest BCUT2D eigenvalue weighted by molar-refractivity contribution is 0.0313. The second-order valence-corrected chi connectivity index (χ2v) is 8.85. The topological polar surface area (TPSA) is 133 Å². The Hall–Kier alpha value is -2.40. The Morgan fingerprint density at radius 3 is 2.87 bits per heavy atom. The number of anilines is 1. The third-order valence-corrected chi connectivity index (χ3v) is 7.15. The van der Waals surface area contributed by atoms with Gasteiger partial charge in [0, 0.05) is 5.75 Å². The van der Waals surface area contributed by atoms with E-state index in [1.165, 1.54) is 11.8 Å². The van der Waals surface area contributed by atoms with Crippen molar-refractivity contribution in [3.8, 4) is 0 Å². The average Bonchev–Trinajstić information content (AvgIpc) is 3.40. The van der Waals surface area contributed by atoms with Crippen LogP contribution in [0.15, 0.2) is 24.5 Å². The molecule has 3 aromatic rings. The van der Waals surface area contributed by atoms with E-state index in [1.54, 1.807) is 23.0 Å². The van der Waals surface area contributed by atoms with Crippen molar-refractivity contribution < 1.29 is 20.1 Å². The van der Waals surface area contributed by atoms with Gasteiger partial charge in [-0.1, -0.05) is 12.1 Å². The number of thioether (sulfide) groups is 1. The molecule has 1 aliphatic heterocycles. The number of aliphatic hydroxyl groups excluding tert-OH is 2. The van der Waals surface area contributed by atoms with Gasteiger partial charge in [0.1, 0.15) is 11.5 Å². The summed E-state index contributed by atoms with van der Waals surface area (Å²) in [6.45, 7) is 0. The van der Waals surface area contributed by atoms with E-state index in [4.69, 9.17) is 11.6 Å². The van der Waals surface area contributed by atoms with Crippen LogP contribution in [0.25, 0.3) is 11.2 Å². The quantitative estimate of drug-likeness (QED) is 0.444. The molecule has 3 heterocycles. The molecule has 1 fully saturated rings. The standard InChI is InChI=1S/C19H18ClN5O4S/c20-19-23-15(22-11-5-4-8-9(11)2-1-3-10(8)18(28)29)13-16(24-19)25(7-21-13)17-14(27)12(26)6-30-17/h1-3,7,11-12,14,17,26-27H,4-6H2,(H,28,29)(H,22,23,24)/t11-,12-,14-,17-/m1/s1. The predicted octanol–water partition coefficient (Wildman–Crippen LogP) is 2.24. The van der Waals surface area contributed by atoms with Crippen molar-refractivity contribution in [2.45, 2.75) is 36.5 Å². The van der Waals surface area contributed by atoms with Crippen LogP contribution in [-0.2, 0) is 6.42 Å². The van der Waals surface area contributed by atoms with E-state index in [2.05, 4.69) is 20.3 Å². The van der Waals surface area contributed by atoms with Crippen LogP contribution in [0.4, 0.5) is 5.82 Å². The van der Waals surface area contributed by atoms with Crippen molar-refractivity contribution in [1.82, 2.24) is 19.5 Å². The third-order valence-electron chi connectivity index (χ3n) is 5.60. The number of aromatic carboxylic acids is 1. The number of hydrogen-bond donors (Lipinski definition) is 4. The normalized spacial score (nSPS) is 25.6. The van der Waals surface area contributed by atoms with Gasteiger partial charge in [-0.2, -0.15) is 9.97 Å². The Morgan fingerprint density at radius 2 is 2.13 bits per heavy atom. The van der Waals surface area contributed by atoms with Crippen LogP contribution in [0.2, 0.25) is 5.28 Å². The van der Waals surface area contributed by atoms with Crippen LogP contribution < -0.4 is 5.32 Å². The van der Waals surface area contributed by atoms with E-state index < -0.39 is 23.6 Å². The van der Waals surface area contributed by atoms with E-state index in [9.17, 15) is 20.1 Å². The molecule has 4 atom stereocenters. The molecule has 5 rings (SSSR count). The van der Waals surface area contributed by atoms with Crippen molar-refractivity contribution >= 4 is 46.3 Å². The third kappa shape index (κ3) is 3.11. The number of carboxylic acid groups (broad SMARTS) is 1. The number of nitrogens with one attached hydrogen (secondary N) is 1. The summed E-state index contributed by atoms with van der Waals surface area (Å²) in [6.07, 6.45) is 1.17. The lowest BCUT2D eigenvalue weighted by Gasteiger charge is -2.18. The zero-order valence-corrected chi connectivity index (χ0v) is 17.1. The van der Waals surface area contributed by atoms with Gasteiger partial charge in [-0.05, 0) is 41.6 Å². The fourth-order valence-corrected chi connectivity index (χ4v) is 5.63. The maximum atomic E-state index is 11.5. The fourth-order valence-electron chi connectivity index (χ4n) is 4.18. The lowest BCUT2D eigenvalue weighted by Crippen LogP contribution is -2.27. The summed E-state index contributed by atoms with van der Waals surface area (Å²) >= 11 is 7.59. The molecule has 0 amide bonds. The molecule has 156 valence electrons. The molecule has 0 radical (unpaired) electrons. The molecule has 2 aliphatic rings. The molecular formula is C19H18ClN5O4S. The van der Waals surface area contributed by atoms with Crippen molar-refractivity contribution in [3.63, 3.8) is 0 Å². The Labute approximate surface area is 180 Å². The number of imidazole rings is 1. The highest BCUT2D eigenvalue weighted by Crippen LogP contribution is 2.40. The number of benzene rings is 1. The number of nitrogens with zero attached hydrogens (tertiary/aromatic N) is 4. The highest BCUT2D eigenvalue weighted by Gasteiger charge is 2.37. The molecule has 30 heavy (non-hydrogen) atoms. The van der Waals surface area contributed by atoms with Crippen molar-refractivity contribution in [1.29, 1.82) is 0 Å². The Kier molecular flexibility index (Phi) is 4.81. The van der Waals surface area contributed by atoms with Crippen LogP contribution in [-0.4, -0.2) is 58.8 Å². The predicted molar refractivity (Wildman–Crippen MR) is 112 cm³/mol. The first kappa shape index (κ1) is 19.6. The van der Waals surface area contributed by atoms with Crippen LogP contribution >= 0.6 is 23.4 Å². The number of hydrogen-bond acceptors (Lipinski definition) is 8. The van der Waals surface area contributed by atoms with E-state index in [-0.39, 0.29) is 11.3 Å². The van der Waals surface area contributed by atoms with Gasteiger partial charge in [-0.25, -0.2) is 9.78 Å². The fraction of sp³-hybridized carbons (Fsp3) is 0.368. The zero-order chi connectivity index (χ0) is 21.0. The molecule has 1 saturated heterocycles. The number of carboxylic acids is 1. The molecule has 1 aliphatic carbocycles. The van der Waals surface area contributed by atoms with Crippen molar-refractivity contribution in [2.75, 3.05) is 11.1 Å². The lowest BCUT2D eigenvalue weighted by atomic mass is 10.0. The maximum absolute atomic E-state index is 11.5. The number of carbonyl (C=O) groups is 1. The van der Waals surface area contributed by atoms with Gasteiger partial charge >= 0.3 is 5.97 Å². The van der Waals surface area contributed by atoms with Gasteiger partial charge in [0.05, 0.1) is 24.0 Å². The molecule has 1 aromatic carbocycles. The number of aromatic nitrogens is 4. The van der Waals surface area contributed by atoms with Crippen LogP contribution in [0.3, 0.4) is 0 Å². The monoisotopic (exact) mass is 447 g/mol. The maximum Gasteiger partial charge on any atom is 0.335 e. The minimum atomic E-state index is -0.937.